The lowest BCUT2D eigenvalue weighted by Gasteiger charge is -2.08. The molecule has 12 heavy (non-hydrogen) atoms. The molecule has 0 aliphatic heterocycles. The van der Waals surface area contributed by atoms with Crippen LogP contribution in [0.5, 0.6) is 0 Å². The van der Waals surface area contributed by atoms with Crippen molar-refractivity contribution in [3.63, 3.8) is 0 Å². The number of halogens is 1. The number of rotatable bonds is 1. The number of hydrogen-bond donors (Lipinski definition) is 1. The summed E-state index contributed by atoms with van der Waals surface area (Å²) in [5.41, 5.74) is 6.36. The Morgan fingerprint density at radius 3 is 2.67 bits per heavy atom. The quantitative estimate of drug-likeness (QED) is 0.650. The molecule has 0 aliphatic carbocycles. The fourth-order valence-corrected chi connectivity index (χ4v) is 1.13. The Morgan fingerprint density at radius 2 is 2.17 bits per heavy atom. The van der Waals surface area contributed by atoms with Gasteiger partial charge in [-0.3, -0.25) is 0 Å². The van der Waals surface area contributed by atoms with Gasteiger partial charge < -0.3 is 15.6 Å². The van der Waals surface area contributed by atoms with E-state index in [-0.39, 0.29) is 10.6 Å². The topological polar surface area (TPSA) is 66.2 Å². The van der Waals surface area contributed by atoms with E-state index >= 15 is 0 Å². The van der Waals surface area contributed by atoms with Crippen LogP contribution in [0.4, 0.5) is 5.69 Å². The summed E-state index contributed by atoms with van der Waals surface area (Å²) in [4.78, 5) is 10.5. The number of carbonyl (C=O) groups excluding carboxylic acids is 1. The zero-order valence-corrected chi connectivity index (χ0v) is 7.18. The number of hydrogen-bond acceptors (Lipinski definition) is 3. The van der Waals surface area contributed by atoms with Crippen molar-refractivity contribution < 1.29 is 9.90 Å². The summed E-state index contributed by atoms with van der Waals surface area (Å²) < 4.78 is 0. The Kier molecular flexibility index (Phi) is 2.24. The molecule has 0 saturated carbocycles. The lowest BCUT2D eigenvalue weighted by atomic mass is 10.1. The molecule has 0 unspecified atom stereocenters. The van der Waals surface area contributed by atoms with Crippen molar-refractivity contribution in [3.8, 4) is 0 Å². The summed E-state index contributed by atoms with van der Waals surface area (Å²) in [6.45, 7) is 1.69. The van der Waals surface area contributed by atoms with E-state index in [0.717, 1.165) is 0 Å². The number of nitrogen functional groups attached to an aromatic ring is 1. The first-order valence-corrected chi connectivity index (χ1v) is 3.67. The molecule has 2 N–H and O–H groups in total. The van der Waals surface area contributed by atoms with E-state index in [1.165, 1.54) is 6.07 Å². The second-order valence-electron chi connectivity index (χ2n) is 2.49. The maximum atomic E-state index is 10.5. The zero-order chi connectivity index (χ0) is 9.30. The van der Waals surface area contributed by atoms with E-state index in [9.17, 15) is 9.90 Å². The molecule has 4 heteroatoms. The average Bonchev–Trinajstić information content (AvgIpc) is 1.96. The van der Waals surface area contributed by atoms with Gasteiger partial charge in [-0.05, 0) is 24.6 Å². The van der Waals surface area contributed by atoms with E-state index in [2.05, 4.69) is 0 Å². The number of nitrogens with two attached hydrogens (primary N) is 1. The number of carboxylic acid groups (broad SMARTS) is 1. The largest absolute Gasteiger partial charge is 0.545 e. The molecule has 0 bridgehead atoms. The van der Waals surface area contributed by atoms with Crippen LogP contribution in [0.2, 0.25) is 5.02 Å². The van der Waals surface area contributed by atoms with Crippen LogP contribution in [0.1, 0.15) is 15.9 Å². The average molecular weight is 185 g/mol. The van der Waals surface area contributed by atoms with Gasteiger partial charge in [0.1, 0.15) is 0 Å². The van der Waals surface area contributed by atoms with Gasteiger partial charge in [0.15, 0.2) is 0 Å². The molecular formula is C8H7ClNO2-. The van der Waals surface area contributed by atoms with Crippen molar-refractivity contribution >= 4 is 23.3 Å². The van der Waals surface area contributed by atoms with Crippen molar-refractivity contribution in [1.82, 2.24) is 0 Å². The minimum Gasteiger partial charge on any atom is -0.545 e. The first-order valence-electron chi connectivity index (χ1n) is 3.29. The molecule has 64 valence electrons. The third-order valence-corrected chi connectivity index (χ3v) is 2.00. The van der Waals surface area contributed by atoms with E-state index in [4.69, 9.17) is 17.3 Å². The molecule has 0 amide bonds. The van der Waals surface area contributed by atoms with Crippen LogP contribution in [-0.2, 0) is 0 Å². The van der Waals surface area contributed by atoms with Gasteiger partial charge >= 0.3 is 0 Å². The molecule has 1 aromatic carbocycles. The Morgan fingerprint density at radius 1 is 1.58 bits per heavy atom. The highest BCUT2D eigenvalue weighted by atomic mass is 35.5. The van der Waals surface area contributed by atoms with Crippen molar-refractivity contribution in [2.45, 2.75) is 6.92 Å². The number of carboxylic acids is 1. The highest BCUT2D eigenvalue weighted by Crippen LogP contribution is 2.22. The smallest absolute Gasteiger partial charge is 0.0731 e. The molecule has 1 aromatic rings. The summed E-state index contributed by atoms with van der Waals surface area (Å²) in [6, 6.07) is 2.89. The predicted molar refractivity (Wildman–Crippen MR) is 44.9 cm³/mol. The molecule has 0 spiro atoms. The lowest BCUT2D eigenvalue weighted by molar-refractivity contribution is -0.255. The molecule has 0 radical (unpaired) electrons. The minimum absolute atomic E-state index is 0.0610. The molecule has 0 aromatic heterocycles. The summed E-state index contributed by atoms with van der Waals surface area (Å²) in [6.07, 6.45) is 0. The number of carbonyl (C=O) groups is 1. The van der Waals surface area contributed by atoms with Gasteiger partial charge in [0.2, 0.25) is 0 Å². The van der Waals surface area contributed by atoms with Gasteiger partial charge in [-0.25, -0.2) is 0 Å². The third kappa shape index (κ3) is 1.51. The van der Waals surface area contributed by atoms with Crippen molar-refractivity contribution in [3.05, 3.63) is 28.3 Å². The molecule has 0 aliphatic rings. The molecule has 0 fully saturated rings. The summed E-state index contributed by atoms with van der Waals surface area (Å²) in [5, 5.41) is 10.7. The molecule has 1 rings (SSSR count). The van der Waals surface area contributed by atoms with Gasteiger partial charge in [-0.15, -0.1) is 0 Å². The highest BCUT2D eigenvalue weighted by molar-refractivity contribution is 6.34. The van der Waals surface area contributed by atoms with Crippen LogP contribution in [0.15, 0.2) is 12.1 Å². The van der Waals surface area contributed by atoms with Gasteiger partial charge in [0, 0.05) is 11.3 Å². The van der Waals surface area contributed by atoms with Crippen LogP contribution in [0.3, 0.4) is 0 Å². The molecule has 0 atom stereocenters. The van der Waals surface area contributed by atoms with E-state index in [0.29, 0.717) is 11.3 Å². The first kappa shape index (κ1) is 8.87. The Balaban J connectivity index is 3.37. The van der Waals surface area contributed by atoms with Crippen LogP contribution in [0, 0.1) is 6.92 Å². The second kappa shape index (κ2) is 3.03. The number of aryl methyl sites for hydroxylation is 1. The van der Waals surface area contributed by atoms with E-state index < -0.39 is 5.97 Å². The van der Waals surface area contributed by atoms with E-state index in [1.807, 2.05) is 0 Å². The standard InChI is InChI=1S/C8H8ClNO2/c1-4-2-5(10)3-6(7(4)9)8(11)12/h2-3H,10H2,1H3,(H,11,12)/p-1. The van der Waals surface area contributed by atoms with E-state index in [1.54, 1.807) is 13.0 Å². The van der Waals surface area contributed by atoms with Crippen LogP contribution in [0.25, 0.3) is 0 Å². The second-order valence-corrected chi connectivity index (χ2v) is 2.86. The molecule has 0 saturated heterocycles. The summed E-state index contributed by atoms with van der Waals surface area (Å²) in [7, 11) is 0. The fourth-order valence-electron chi connectivity index (χ4n) is 0.946. The minimum atomic E-state index is -1.31. The van der Waals surface area contributed by atoms with Gasteiger partial charge in [-0.1, -0.05) is 11.6 Å². The lowest BCUT2D eigenvalue weighted by Crippen LogP contribution is -2.23. The highest BCUT2D eigenvalue weighted by Gasteiger charge is 2.04. The maximum Gasteiger partial charge on any atom is 0.0731 e. The van der Waals surface area contributed by atoms with Crippen LogP contribution < -0.4 is 10.8 Å². The first-order chi connectivity index (χ1) is 5.52. The maximum absolute atomic E-state index is 10.5. The number of anilines is 1. The fraction of sp³-hybridized carbons (Fsp3) is 0.125. The van der Waals surface area contributed by atoms with Crippen molar-refractivity contribution in [2.24, 2.45) is 0 Å². The third-order valence-electron chi connectivity index (χ3n) is 1.50. The van der Waals surface area contributed by atoms with Gasteiger partial charge in [0.25, 0.3) is 0 Å². The SMILES string of the molecule is Cc1cc(N)cc(C(=O)[O-])c1Cl. The number of aromatic carboxylic acids is 1. The van der Waals surface area contributed by atoms with Crippen LogP contribution in [-0.4, -0.2) is 5.97 Å². The van der Waals surface area contributed by atoms with Crippen molar-refractivity contribution in [1.29, 1.82) is 0 Å². The molecule has 3 nitrogen and oxygen atoms in total. The predicted octanol–water partition coefficient (Wildman–Crippen LogP) is 0.594. The Hall–Kier alpha value is -1.22. The van der Waals surface area contributed by atoms with Crippen LogP contribution >= 0.6 is 11.6 Å². The van der Waals surface area contributed by atoms with Gasteiger partial charge in [0.05, 0.1) is 11.0 Å². The molecule has 0 heterocycles. The monoisotopic (exact) mass is 184 g/mol. The zero-order valence-electron chi connectivity index (χ0n) is 6.43. The number of benzene rings is 1. The summed E-state index contributed by atoms with van der Waals surface area (Å²) in [5.74, 6) is -1.31. The molecular weight excluding hydrogens is 178 g/mol. The van der Waals surface area contributed by atoms with Gasteiger partial charge in [-0.2, -0.15) is 0 Å². The Labute approximate surface area is 74.8 Å². The Bertz CT molecular complexity index is 336. The van der Waals surface area contributed by atoms with Crippen molar-refractivity contribution in [2.75, 3.05) is 5.73 Å². The normalized spacial score (nSPS) is 9.83. The summed E-state index contributed by atoms with van der Waals surface area (Å²) >= 11 is 5.68.